The molecule has 9 heteroatoms. The second-order valence-electron chi connectivity index (χ2n) is 6.31. The maximum Gasteiger partial charge on any atom is 0.422 e. The third kappa shape index (κ3) is 10.7. The zero-order valence-electron chi connectivity index (χ0n) is 15.6. The standard InChI is InChI=1S/C17H27F3N4O.HI/c1-12(2)7-8-13(3)24-16(21-4)23-10-14-6-5-9-22-15(14)25-11-17(18,19)20;/h5-6,9,12-13H,7-8,10-11H2,1-4H3,(H2,21,23,24);1H. The predicted molar refractivity (Wildman–Crippen MR) is 108 cm³/mol. The van der Waals surface area contributed by atoms with Crippen molar-refractivity contribution in [3.05, 3.63) is 23.9 Å². The van der Waals surface area contributed by atoms with Crippen molar-refractivity contribution in [2.45, 2.75) is 52.4 Å². The average molecular weight is 488 g/mol. The molecular weight excluding hydrogens is 460 g/mol. The van der Waals surface area contributed by atoms with Crippen molar-refractivity contribution in [3.8, 4) is 5.88 Å². The van der Waals surface area contributed by atoms with Crippen LogP contribution in [0.5, 0.6) is 5.88 Å². The molecule has 0 amide bonds. The first-order valence-corrected chi connectivity index (χ1v) is 8.32. The summed E-state index contributed by atoms with van der Waals surface area (Å²) in [6.45, 7) is 5.31. The Balaban J connectivity index is 0.00000625. The highest BCUT2D eigenvalue weighted by Crippen LogP contribution is 2.19. The van der Waals surface area contributed by atoms with Gasteiger partial charge in [-0.2, -0.15) is 13.2 Å². The van der Waals surface area contributed by atoms with Crippen LogP contribution < -0.4 is 15.4 Å². The molecule has 0 aliphatic heterocycles. The number of hydrogen-bond acceptors (Lipinski definition) is 3. The highest BCUT2D eigenvalue weighted by atomic mass is 127. The number of aromatic nitrogens is 1. The number of halogens is 4. The summed E-state index contributed by atoms with van der Waals surface area (Å²) in [4.78, 5) is 8.01. The van der Waals surface area contributed by atoms with Gasteiger partial charge in [-0.25, -0.2) is 4.98 Å². The van der Waals surface area contributed by atoms with E-state index in [-0.39, 0.29) is 42.4 Å². The molecule has 1 heterocycles. The van der Waals surface area contributed by atoms with Gasteiger partial charge >= 0.3 is 6.18 Å². The Kier molecular flexibility index (Phi) is 11.6. The number of alkyl halides is 3. The fourth-order valence-corrected chi connectivity index (χ4v) is 2.10. The quantitative estimate of drug-likeness (QED) is 0.328. The van der Waals surface area contributed by atoms with Gasteiger partial charge in [-0.15, -0.1) is 24.0 Å². The van der Waals surface area contributed by atoms with Crippen molar-refractivity contribution in [2.75, 3.05) is 13.7 Å². The summed E-state index contributed by atoms with van der Waals surface area (Å²) in [6.07, 6.45) is -0.893. The molecule has 26 heavy (non-hydrogen) atoms. The minimum atomic E-state index is -4.40. The monoisotopic (exact) mass is 488 g/mol. The first-order valence-electron chi connectivity index (χ1n) is 8.32. The van der Waals surface area contributed by atoms with E-state index in [1.54, 1.807) is 19.2 Å². The van der Waals surface area contributed by atoms with Crippen molar-refractivity contribution in [1.29, 1.82) is 0 Å². The average Bonchev–Trinajstić information content (AvgIpc) is 2.54. The van der Waals surface area contributed by atoms with Gasteiger partial charge in [0.15, 0.2) is 12.6 Å². The van der Waals surface area contributed by atoms with E-state index in [9.17, 15) is 13.2 Å². The molecule has 0 saturated carbocycles. The van der Waals surface area contributed by atoms with E-state index in [1.165, 1.54) is 6.20 Å². The molecule has 150 valence electrons. The van der Waals surface area contributed by atoms with Crippen LogP contribution in [0.2, 0.25) is 0 Å². The molecule has 5 nitrogen and oxygen atoms in total. The molecule has 0 saturated heterocycles. The number of nitrogens with zero attached hydrogens (tertiary/aromatic N) is 2. The van der Waals surface area contributed by atoms with E-state index in [1.807, 2.05) is 0 Å². The molecule has 1 aromatic rings. The van der Waals surface area contributed by atoms with Crippen LogP contribution in [0.15, 0.2) is 23.3 Å². The van der Waals surface area contributed by atoms with Crippen molar-refractivity contribution in [2.24, 2.45) is 10.9 Å². The number of pyridine rings is 1. The van der Waals surface area contributed by atoms with Crippen LogP contribution in [0.4, 0.5) is 13.2 Å². The molecule has 1 atom stereocenters. The van der Waals surface area contributed by atoms with Crippen molar-refractivity contribution >= 4 is 29.9 Å². The molecule has 0 aromatic carbocycles. The van der Waals surface area contributed by atoms with Crippen molar-refractivity contribution in [3.63, 3.8) is 0 Å². The molecular formula is C17H28F3IN4O. The number of nitrogens with one attached hydrogen (secondary N) is 2. The summed E-state index contributed by atoms with van der Waals surface area (Å²) in [5.74, 6) is 1.18. The summed E-state index contributed by atoms with van der Waals surface area (Å²) in [7, 11) is 1.65. The van der Waals surface area contributed by atoms with Gasteiger partial charge in [0.2, 0.25) is 5.88 Å². The largest absolute Gasteiger partial charge is 0.468 e. The van der Waals surface area contributed by atoms with Crippen LogP contribution in [-0.4, -0.2) is 36.8 Å². The molecule has 1 rings (SSSR count). The summed E-state index contributed by atoms with van der Waals surface area (Å²) < 4.78 is 41.7. The smallest absolute Gasteiger partial charge is 0.422 e. The lowest BCUT2D eigenvalue weighted by molar-refractivity contribution is -0.154. The number of aliphatic imine (C=N–C) groups is 1. The maximum absolute atomic E-state index is 12.3. The van der Waals surface area contributed by atoms with Crippen LogP contribution >= 0.6 is 24.0 Å². The lowest BCUT2D eigenvalue weighted by Gasteiger charge is -2.19. The second kappa shape index (κ2) is 12.2. The lowest BCUT2D eigenvalue weighted by Crippen LogP contribution is -2.42. The number of guanidine groups is 1. The third-order valence-electron chi connectivity index (χ3n) is 3.45. The summed E-state index contributed by atoms with van der Waals surface area (Å²) >= 11 is 0. The first kappa shape index (κ1) is 24.7. The van der Waals surface area contributed by atoms with Crippen LogP contribution in [0, 0.1) is 5.92 Å². The van der Waals surface area contributed by atoms with E-state index < -0.39 is 12.8 Å². The van der Waals surface area contributed by atoms with Gasteiger partial charge in [0.05, 0.1) is 0 Å². The summed E-state index contributed by atoms with van der Waals surface area (Å²) in [5.41, 5.74) is 0.532. The van der Waals surface area contributed by atoms with Crippen LogP contribution in [-0.2, 0) is 6.54 Å². The highest BCUT2D eigenvalue weighted by molar-refractivity contribution is 14.0. The summed E-state index contributed by atoms with van der Waals surface area (Å²) in [6, 6.07) is 3.56. The maximum atomic E-state index is 12.3. The van der Waals surface area contributed by atoms with Crippen molar-refractivity contribution in [1.82, 2.24) is 15.6 Å². The van der Waals surface area contributed by atoms with Gasteiger partial charge in [0.1, 0.15) is 0 Å². The van der Waals surface area contributed by atoms with E-state index >= 15 is 0 Å². The Labute approximate surface area is 170 Å². The Morgan fingerprint density at radius 3 is 2.54 bits per heavy atom. The van der Waals surface area contributed by atoms with Gasteiger partial charge in [-0.1, -0.05) is 19.9 Å². The Morgan fingerprint density at radius 1 is 1.27 bits per heavy atom. The van der Waals surface area contributed by atoms with Gasteiger partial charge < -0.3 is 15.4 Å². The molecule has 1 aromatic heterocycles. The minimum absolute atomic E-state index is 0. The van der Waals surface area contributed by atoms with E-state index in [0.29, 0.717) is 17.4 Å². The summed E-state index contributed by atoms with van der Waals surface area (Å²) in [5, 5.41) is 6.35. The van der Waals surface area contributed by atoms with Crippen LogP contribution in [0.25, 0.3) is 0 Å². The molecule has 0 aliphatic rings. The topological polar surface area (TPSA) is 58.5 Å². The molecule has 2 N–H and O–H groups in total. The van der Waals surface area contributed by atoms with Crippen LogP contribution in [0.3, 0.4) is 0 Å². The first-order chi connectivity index (χ1) is 11.7. The molecule has 0 fully saturated rings. The molecule has 0 spiro atoms. The Hall–Kier alpha value is -1.26. The van der Waals surface area contributed by atoms with E-state index in [2.05, 4.69) is 41.4 Å². The third-order valence-corrected chi connectivity index (χ3v) is 3.45. The van der Waals surface area contributed by atoms with Crippen LogP contribution in [0.1, 0.15) is 39.2 Å². The fourth-order valence-electron chi connectivity index (χ4n) is 2.10. The zero-order chi connectivity index (χ0) is 18.9. The molecule has 0 radical (unpaired) electrons. The number of ether oxygens (including phenoxy) is 1. The van der Waals surface area contributed by atoms with Gasteiger partial charge in [0, 0.05) is 31.4 Å². The second-order valence-corrected chi connectivity index (χ2v) is 6.31. The Bertz CT molecular complexity index is 553. The molecule has 1 unspecified atom stereocenters. The normalized spacial score (nSPS) is 13.2. The molecule has 0 aliphatic carbocycles. The lowest BCUT2D eigenvalue weighted by atomic mass is 10.0. The zero-order valence-corrected chi connectivity index (χ0v) is 17.9. The van der Waals surface area contributed by atoms with E-state index in [4.69, 9.17) is 4.74 Å². The minimum Gasteiger partial charge on any atom is -0.468 e. The fraction of sp³-hybridized carbons (Fsp3) is 0.647. The van der Waals surface area contributed by atoms with Gasteiger partial charge in [0.25, 0.3) is 0 Å². The SMILES string of the molecule is CN=C(NCc1cccnc1OCC(F)(F)F)NC(C)CCC(C)C.I. The van der Waals surface area contributed by atoms with Gasteiger partial charge in [-0.3, -0.25) is 4.99 Å². The van der Waals surface area contributed by atoms with Gasteiger partial charge in [-0.05, 0) is 31.7 Å². The highest BCUT2D eigenvalue weighted by Gasteiger charge is 2.29. The van der Waals surface area contributed by atoms with E-state index in [0.717, 1.165) is 12.8 Å². The molecule has 0 bridgehead atoms. The predicted octanol–water partition coefficient (Wildman–Crippen LogP) is 4.13. The number of rotatable bonds is 8. The number of hydrogen-bond donors (Lipinski definition) is 2. The Morgan fingerprint density at radius 2 is 1.96 bits per heavy atom. The van der Waals surface area contributed by atoms with Crippen molar-refractivity contribution < 1.29 is 17.9 Å².